The molecule has 8 heteroatoms. The van der Waals surface area contributed by atoms with E-state index in [4.69, 9.17) is 17.3 Å². The second-order valence-corrected chi connectivity index (χ2v) is 6.80. The molecule has 0 saturated carbocycles. The molecule has 0 radical (unpaired) electrons. The van der Waals surface area contributed by atoms with E-state index in [0.29, 0.717) is 0 Å². The Bertz CT molecular complexity index is 768. The van der Waals surface area contributed by atoms with Gasteiger partial charge in [-0.3, -0.25) is 4.72 Å². The van der Waals surface area contributed by atoms with Crippen LogP contribution in [0.3, 0.4) is 0 Å². The van der Waals surface area contributed by atoms with Crippen LogP contribution < -0.4 is 10.5 Å². The summed E-state index contributed by atoms with van der Waals surface area (Å²) in [7, 11) is -3.93. The summed E-state index contributed by atoms with van der Waals surface area (Å²) in [6, 6.07) is 8.41. The number of hydrogen-bond donors (Lipinski definition) is 2. The molecule has 0 spiro atoms. The first-order valence-electron chi connectivity index (χ1n) is 5.33. The van der Waals surface area contributed by atoms with Crippen LogP contribution in [0.4, 0.5) is 15.8 Å². The van der Waals surface area contributed by atoms with Crippen LogP contribution in [0.5, 0.6) is 0 Å². The van der Waals surface area contributed by atoms with Gasteiger partial charge in [0.15, 0.2) is 0 Å². The van der Waals surface area contributed by atoms with Crippen LogP contribution >= 0.6 is 27.5 Å². The lowest BCUT2D eigenvalue weighted by atomic mass is 10.3. The summed E-state index contributed by atoms with van der Waals surface area (Å²) < 4.78 is 40.2. The number of nitrogens with one attached hydrogen (secondary N) is 1. The van der Waals surface area contributed by atoms with Gasteiger partial charge in [-0.15, -0.1) is 0 Å². The topological polar surface area (TPSA) is 72.2 Å². The van der Waals surface area contributed by atoms with Crippen molar-refractivity contribution < 1.29 is 12.8 Å². The molecule has 0 amide bonds. The van der Waals surface area contributed by atoms with Crippen LogP contribution in [0, 0.1) is 5.82 Å². The fourth-order valence-electron chi connectivity index (χ4n) is 1.49. The normalized spacial score (nSPS) is 11.3. The van der Waals surface area contributed by atoms with Crippen molar-refractivity contribution in [1.82, 2.24) is 0 Å². The van der Waals surface area contributed by atoms with Gasteiger partial charge in [0.05, 0.1) is 16.4 Å². The number of rotatable bonds is 3. The van der Waals surface area contributed by atoms with Crippen molar-refractivity contribution in [3.8, 4) is 0 Å². The molecule has 0 heterocycles. The van der Waals surface area contributed by atoms with Crippen molar-refractivity contribution in [2.24, 2.45) is 0 Å². The minimum atomic E-state index is -3.93. The fourth-order valence-corrected chi connectivity index (χ4v) is 3.86. The Morgan fingerprint density at radius 2 is 1.90 bits per heavy atom. The highest BCUT2D eigenvalue weighted by molar-refractivity contribution is 9.10. The Hall–Kier alpha value is -1.31. The monoisotopic (exact) mass is 378 g/mol. The van der Waals surface area contributed by atoms with E-state index in [9.17, 15) is 12.8 Å². The highest BCUT2D eigenvalue weighted by Gasteiger charge is 2.20. The van der Waals surface area contributed by atoms with Gasteiger partial charge in [-0.2, -0.15) is 0 Å². The van der Waals surface area contributed by atoms with E-state index < -0.39 is 15.8 Å². The van der Waals surface area contributed by atoms with Crippen LogP contribution in [-0.4, -0.2) is 8.42 Å². The summed E-state index contributed by atoms with van der Waals surface area (Å²) in [6.07, 6.45) is 0. The van der Waals surface area contributed by atoms with E-state index >= 15 is 0 Å². The predicted octanol–water partition coefficient (Wildman–Crippen LogP) is 3.62. The molecule has 2 aromatic rings. The number of nitrogen functional groups attached to an aromatic ring is 1. The van der Waals surface area contributed by atoms with E-state index in [-0.39, 0.29) is 25.8 Å². The van der Waals surface area contributed by atoms with E-state index in [1.54, 1.807) is 18.2 Å². The molecule has 0 aliphatic heterocycles. The SMILES string of the molecule is Nc1cc(S(=O)(=O)Nc2ccccc2Cl)c(Br)cc1F. The lowest BCUT2D eigenvalue weighted by molar-refractivity contribution is 0.599. The average molecular weight is 380 g/mol. The third kappa shape index (κ3) is 3.05. The average Bonchev–Trinajstić information content (AvgIpc) is 2.36. The summed E-state index contributed by atoms with van der Waals surface area (Å²) in [5.41, 5.74) is 5.36. The third-order valence-electron chi connectivity index (χ3n) is 2.46. The largest absolute Gasteiger partial charge is 0.396 e. The van der Waals surface area contributed by atoms with Crippen molar-refractivity contribution >= 4 is 48.9 Å². The molecular weight excluding hydrogens is 371 g/mol. The minimum absolute atomic E-state index is 0.0729. The molecule has 0 aromatic heterocycles. The number of anilines is 2. The fraction of sp³-hybridized carbons (Fsp3) is 0. The molecule has 0 unspecified atom stereocenters. The van der Waals surface area contributed by atoms with Gasteiger partial charge in [0.2, 0.25) is 0 Å². The summed E-state index contributed by atoms with van der Waals surface area (Å²) in [5.74, 6) is -0.700. The first kappa shape index (κ1) is 15.1. The number of para-hydroxylation sites is 1. The van der Waals surface area contributed by atoms with E-state index in [1.165, 1.54) is 6.07 Å². The van der Waals surface area contributed by atoms with E-state index in [2.05, 4.69) is 20.7 Å². The van der Waals surface area contributed by atoms with Gasteiger partial charge >= 0.3 is 0 Å². The zero-order valence-corrected chi connectivity index (χ0v) is 13.1. The van der Waals surface area contributed by atoms with Crippen molar-refractivity contribution in [2.75, 3.05) is 10.5 Å². The quantitative estimate of drug-likeness (QED) is 0.800. The Labute approximate surface area is 128 Å². The molecule has 0 saturated heterocycles. The van der Waals surface area contributed by atoms with Crippen LogP contribution in [0.2, 0.25) is 5.02 Å². The van der Waals surface area contributed by atoms with Gasteiger partial charge in [-0.25, -0.2) is 12.8 Å². The molecule has 0 aliphatic rings. The molecule has 106 valence electrons. The van der Waals surface area contributed by atoms with Gasteiger partial charge in [0.1, 0.15) is 10.7 Å². The minimum Gasteiger partial charge on any atom is -0.396 e. The van der Waals surface area contributed by atoms with E-state index in [1.807, 2.05) is 0 Å². The lowest BCUT2D eigenvalue weighted by Gasteiger charge is -2.11. The second-order valence-electron chi connectivity index (χ2n) is 3.89. The van der Waals surface area contributed by atoms with Crippen LogP contribution in [0.1, 0.15) is 0 Å². The summed E-state index contributed by atoms with van der Waals surface area (Å²) in [5, 5.41) is 0.252. The van der Waals surface area contributed by atoms with Crippen molar-refractivity contribution in [2.45, 2.75) is 4.90 Å². The maximum atomic E-state index is 13.2. The number of nitrogens with two attached hydrogens (primary N) is 1. The highest BCUT2D eigenvalue weighted by Crippen LogP contribution is 2.30. The predicted molar refractivity (Wildman–Crippen MR) is 80.8 cm³/mol. The molecule has 4 nitrogen and oxygen atoms in total. The lowest BCUT2D eigenvalue weighted by Crippen LogP contribution is -2.14. The first-order chi connectivity index (χ1) is 9.31. The zero-order chi connectivity index (χ0) is 14.9. The summed E-state index contributed by atoms with van der Waals surface area (Å²) in [6.45, 7) is 0. The Morgan fingerprint density at radius 3 is 2.55 bits per heavy atom. The molecule has 0 bridgehead atoms. The smallest absolute Gasteiger partial charge is 0.263 e. The van der Waals surface area contributed by atoms with Gasteiger partial charge in [-0.1, -0.05) is 23.7 Å². The summed E-state index contributed by atoms with van der Waals surface area (Å²) in [4.78, 5) is -0.170. The molecule has 2 rings (SSSR count). The Kier molecular flexibility index (Phi) is 4.22. The number of halogens is 3. The number of hydrogen-bond acceptors (Lipinski definition) is 3. The maximum absolute atomic E-state index is 13.2. The molecule has 20 heavy (non-hydrogen) atoms. The maximum Gasteiger partial charge on any atom is 0.263 e. The Morgan fingerprint density at radius 1 is 1.25 bits per heavy atom. The van der Waals surface area contributed by atoms with Crippen molar-refractivity contribution in [3.05, 3.63) is 51.7 Å². The number of benzene rings is 2. The summed E-state index contributed by atoms with van der Waals surface area (Å²) >= 11 is 8.89. The molecule has 0 fully saturated rings. The van der Waals surface area contributed by atoms with Crippen LogP contribution in [0.15, 0.2) is 45.8 Å². The van der Waals surface area contributed by atoms with Crippen LogP contribution in [0.25, 0.3) is 0 Å². The number of sulfonamides is 1. The molecule has 0 atom stereocenters. The van der Waals surface area contributed by atoms with Gasteiger partial charge in [-0.05, 0) is 40.2 Å². The third-order valence-corrected chi connectivity index (χ3v) is 5.11. The van der Waals surface area contributed by atoms with Gasteiger partial charge in [0, 0.05) is 4.47 Å². The first-order valence-corrected chi connectivity index (χ1v) is 7.98. The molecule has 3 N–H and O–H groups in total. The standard InChI is InChI=1S/C12H9BrClFN2O2S/c13-7-5-9(15)10(16)6-12(7)20(18,19)17-11-4-2-1-3-8(11)14/h1-6,17H,16H2. The van der Waals surface area contributed by atoms with Crippen LogP contribution in [-0.2, 0) is 10.0 Å². The second kappa shape index (κ2) is 5.59. The van der Waals surface area contributed by atoms with Gasteiger partial charge in [0.25, 0.3) is 10.0 Å². The zero-order valence-electron chi connectivity index (χ0n) is 9.90. The van der Waals surface area contributed by atoms with E-state index in [0.717, 1.165) is 12.1 Å². The Balaban J connectivity index is 2.47. The van der Waals surface area contributed by atoms with Gasteiger partial charge < -0.3 is 5.73 Å². The highest BCUT2D eigenvalue weighted by atomic mass is 79.9. The van der Waals surface area contributed by atoms with Crippen molar-refractivity contribution in [3.63, 3.8) is 0 Å². The molecule has 2 aromatic carbocycles. The molecule has 0 aliphatic carbocycles. The van der Waals surface area contributed by atoms with Crippen molar-refractivity contribution in [1.29, 1.82) is 0 Å². The molecular formula is C12H9BrClFN2O2S.